The van der Waals surface area contributed by atoms with Gasteiger partial charge in [0.25, 0.3) is 5.56 Å². The zero-order chi connectivity index (χ0) is 24.9. The first-order chi connectivity index (χ1) is 17.5. The van der Waals surface area contributed by atoms with Crippen LogP contribution in [0.15, 0.2) is 76.7 Å². The van der Waals surface area contributed by atoms with Crippen LogP contribution in [0.3, 0.4) is 0 Å². The molecule has 1 saturated carbocycles. The monoisotopic (exact) mass is 532 g/mol. The van der Waals surface area contributed by atoms with Crippen LogP contribution in [0.25, 0.3) is 16.9 Å². The average molecular weight is 534 g/mol. The van der Waals surface area contributed by atoms with E-state index in [1.54, 1.807) is 17.8 Å². The van der Waals surface area contributed by atoms with E-state index in [0.29, 0.717) is 21.0 Å². The zero-order valence-corrected chi connectivity index (χ0v) is 22.4. The molecule has 0 atom stereocenters. The van der Waals surface area contributed by atoms with Crippen LogP contribution in [-0.4, -0.2) is 9.55 Å². The van der Waals surface area contributed by atoms with Gasteiger partial charge in [0, 0.05) is 26.8 Å². The second-order valence-electron chi connectivity index (χ2n) is 9.89. The summed E-state index contributed by atoms with van der Waals surface area (Å²) in [4.78, 5) is 19.8. The summed E-state index contributed by atoms with van der Waals surface area (Å²) in [5.74, 6) is 0.583. The highest BCUT2D eigenvalue weighted by atomic mass is 35.5. The van der Waals surface area contributed by atoms with Gasteiger partial charge in [0.2, 0.25) is 0 Å². The van der Waals surface area contributed by atoms with Gasteiger partial charge in [0.1, 0.15) is 0 Å². The van der Waals surface area contributed by atoms with E-state index in [2.05, 4.69) is 18.2 Å². The third-order valence-corrected chi connectivity index (χ3v) is 9.25. The summed E-state index contributed by atoms with van der Waals surface area (Å²) in [7, 11) is 0. The fourth-order valence-corrected chi connectivity index (χ4v) is 7.47. The first-order valence-corrected chi connectivity index (χ1v) is 14.1. The van der Waals surface area contributed by atoms with Gasteiger partial charge in [-0.15, -0.1) is 0 Å². The number of nitrogens with zero attached hydrogens (tertiary/aromatic N) is 2. The molecule has 0 radical (unpaired) electrons. The van der Waals surface area contributed by atoms with E-state index >= 15 is 0 Å². The van der Waals surface area contributed by atoms with E-state index < -0.39 is 0 Å². The molecular weight excluding hydrogens is 507 g/mol. The van der Waals surface area contributed by atoms with Crippen LogP contribution in [0.5, 0.6) is 0 Å². The van der Waals surface area contributed by atoms with Crippen LogP contribution in [0.1, 0.15) is 47.9 Å². The van der Waals surface area contributed by atoms with Crippen molar-refractivity contribution in [3.05, 3.63) is 109 Å². The Hall–Kier alpha value is -2.53. The molecule has 6 heteroatoms. The van der Waals surface area contributed by atoms with E-state index in [4.69, 9.17) is 28.2 Å². The number of benzene rings is 3. The van der Waals surface area contributed by atoms with Gasteiger partial charge in [0.15, 0.2) is 5.16 Å². The average Bonchev–Trinajstić information content (AvgIpc) is 3.32. The van der Waals surface area contributed by atoms with Gasteiger partial charge in [-0.05, 0) is 61.1 Å². The van der Waals surface area contributed by atoms with Crippen molar-refractivity contribution in [3.63, 3.8) is 0 Å². The summed E-state index contributed by atoms with van der Waals surface area (Å²) in [5, 5.41) is 1.91. The standard InChI is InChI=1S/C30H26Cl2N2OS/c1-19-8-2-5-11-25(19)34-28(35)26-27(33-29(34)36-18-21-12-13-22(31)16-24(21)32)23-10-4-3-9-20(23)17-30(26)14-6-7-15-30/h2-5,8-13,16H,6-7,14-15,17-18H2,1H3. The molecule has 1 spiro atoms. The van der Waals surface area contributed by atoms with Crippen LogP contribution >= 0.6 is 35.0 Å². The lowest BCUT2D eigenvalue weighted by Crippen LogP contribution is -2.40. The van der Waals surface area contributed by atoms with E-state index in [1.807, 2.05) is 54.0 Å². The number of aryl methyl sites for hydroxylation is 1. The van der Waals surface area contributed by atoms with Gasteiger partial charge in [-0.1, -0.05) is 96.3 Å². The fourth-order valence-electron chi connectivity index (χ4n) is 5.92. The minimum absolute atomic E-state index is 0.0652. The summed E-state index contributed by atoms with van der Waals surface area (Å²) in [5.41, 5.74) is 6.96. The van der Waals surface area contributed by atoms with Crippen molar-refractivity contribution in [2.24, 2.45) is 0 Å². The second kappa shape index (κ2) is 9.41. The number of aromatic nitrogens is 2. The van der Waals surface area contributed by atoms with Crippen molar-refractivity contribution in [2.45, 2.75) is 55.4 Å². The molecule has 6 rings (SSSR count). The Bertz CT molecular complexity index is 1540. The highest BCUT2D eigenvalue weighted by molar-refractivity contribution is 7.98. The smallest absolute Gasteiger partial charge is 0.263 e. The van der Waals surface area contributed by atoms with Crippen molar-refractivity contribution < 1.29 is 0 Å². The molecule has 4 aromatic rings. The normalized spacial score (nSPS) is 15.6. The van der Waals surface area contributed by atoms with Crippen LogP contribution in [0.2, 0.25) is 10.0 Å². The molecule has 36 heavy (non-hydrogen) atoms. The molecule has 0 unspecified atom stereocenters. The topological polar surface area (TPSA) is 34.9 Å². The molecule has 1 fully saturated rings. The molecule has 0 amide bonds. The third kappa shape index (κ3) is 4.00. The molecule has 1 heterocycles. The Kier molecular flexibility index (Phi) is 6.23. The largest absolute Gasteiger partial charge is 0.268 e. The van der Waals surface area contributed by atoms with Crippen molar-refractivity contribution in [1.82, 2.24) is 9.55 Å². The lowest BCUT2D eigenvalue weighted by molar-refractivity contribution is 0.422. The minimum atomic E-state index is -0.138. The summed E-state index contributed by atoms with van der Waals surface area (Å²) in [6.07, 6.45) is 5.28. The van der Waals surface area contributed by atoms with E-state index in [0.717, 1.165) is 65.7 Å². The van der Waals surface area contributed by atoms with Crippen LogP contribution < -0.4 is 5.56 Å². The van der Waals surface area contributed by atoms with Crippen molar-refractivity contribution >= 4 is 35.0 Å². The predicted molar refractivity (Wildman–Crippen MR) is 150 cm³/mol. The molecule has 0 saturated heterocycles. The van der Waals surface area contributed by atoms with Gasteiger partial charge in [-0.3, -0.25) is 9.36 Å². The maximum atomic E-state index is 14.5. The highest BCUT2D eigenvalue weighted by Crippen LogP contribution is 2.50. The quantitative estimate of drug-likeness (QED) is 0.196. The van der Waals surface area contributed by atoms with Gasteiger partial charge in [-0.2, -0.15) is 0 Å². The number of halogens is 2. The lowest BCUT2D eigenvalue weighted by Gasteiger charge is -2.36. The highest BCUT2D eigenvalue weighted by Gasteiger charge is 2.44. The van der Waals surface area contributed by atoms with Gasteiger partial charge >= 0.3 is 0 Å². The van der Waals surface area contributed by atoms with Gasteiger partial charge < -0.3 is 0 Å². The van der Waals surface area contributed by atoms with Gasteiger partial charge in [0.05, 0.1) is 16.9 Å². The fraction of sp³-hybridized carbons (Fsp3) is 0.267. The SMILES string of the molecule is Cc1ccccc1-n1c(SCc2ccc(Cl)cc2Cl)nc2c(c1=O)C1(CCCC1)Cc1ccccc1-2. The lowest BCUT2D eigenvalue weighted by atomic mass is 9.68. The molecule has 182 valence electrons. The number of thioether (sulfide) groups is 1. The molecule has 2 aliphatic rings. The minimum Gasteiger partial charge on any atom is -0.268 e. The Balaban J connectivity index is 1.58. The number of hydrogen-bond donors (Lipinski definition) is 0. The van der Waals surface area contributed by atoms with E-state index in [1.165, 1.54) is 5.56 Å². The first-order valence-electron chi connectivity index (χ1n) is 12.4. The van der Waals surface area contributed by atoms with E-state index in [9.17, 15) is 4.79 Å². The van der Waals surface area contributed by atoms with Crippen molar-refractivity contribution in [3.8, 4) is 16.9 Å². The summed E-state index contributed by atoms with van der Waals surface area (Å²) < 4.78 is 1.84. The molecule has 3 nitrogen and oxygen atoms in total. The Labute approximate surface area is 225 Å². The molecule has 3 aromatic carbocycles. The predicted octanol–water partition coefficient (Wildman–Crippen LogP) is 8.17. The van der Waals surface area contributed by atoms with E-state index in [-0.39, 0.29) is 11.0 Å². The van der Waals surface area contributed by atoms with Crippen LogP contribution in [0.4, 0.5) is 0 Å². The second-order valence-corrected chi connectivity index (χ2v) is 11.7. The number of para-hydroxylation sites is 1. The Morgan fingerprint density at radius 3 is 2.53 bits per heavy atom. The molecular formula is C30H26Cl2N2OS. The summed E-state index contributed by atoms with van der Waals surface area (Å²) in [6, 6.07) is 22.1. The molecule has 0 N–H and O–H groups in total. The molecule has 0 aliphatic heterocycles. The summed E-state index contributed by atoms with van der Waals surface area (Å²) >= 11 is 14.1. The van der Waals surface area contributed by atoms with Crippen molar-refractivity contribution in [2.75, 3.05) is 0 Å². The Morgan fingerprint density at radius 1 is 1.00 bits per heavy atom. The molecule has 2 aliphatic carbocycles. The molecule has 0 bridgehead atoms. The molecule has 1 aromatic heterocycles. The third-order valence-electron chi connectivity index (χ3n) is 7.67. The maximum Gasteiger partial charge on any atom is 0.263 e. The summed E-state index contributed by atoms with van der Waals surface area (Å²) in [6.45, 7) is 2.05. The first kappa shape index (κ1) is 23.8. The van der Waals surface area contributed by atoms with Crippen LogP contribution in [0, 0.1) is 6.92 Å². The Morgan fingerprint density at radius 2 is 1.75 bits per heavy atom. The number of fused-ring (bicyclic) bond motifs is 4. The number of rotatable bonds is 4. The van der Waals surface area contributed by atoms with Crippen LogP contribution in [-0.2, 0) is 17.6 Å². The number of hydrogen-bond acceptors (Lipinski definition) is 3. The van der Waals surface area contributed by atoms with Gasteiger partial charge in [-0.25, -0.2) is 4.98 Å². The van der Waals surface area contributed by atoms with Crippen molar-refractivity contribution in [1.29, 1.82) is 0 Å². The zero-order valence-electron chi connectivity index (χ0n) is 20.1. The maximum absolute atomic E-state index is 14.5.